The first-order valence-corrected chi connectivity index (χ1v) is 6.48. The molecule has 0 saturated heterocycles. The third-order valence-corrected chi connectivity index (χ3v) is 4.08. The van der Waals surface area contributed by atoms with Crippen LogP contribution in [-0.4, -0.2) is 4.98 Å². The van der Waals surface area contributed by atoms with Crippen LogP contribution in [0, 0.1) is 0 Å². The number of nitrogens with two attached hydrogens (primary N) is 1. The second-order valence-electron chi connectivity index (χ2n) is 3.22. The van der Waals surface area contributed by atoms with Gasteiger partial charge in [-0.05, 0) is 40.2 Å². The number of nitrogens with zero attached hydrogens (tertiary/aromatic N) is 1. The number of hydrogen-bond donors (Lipinski definition) is 1. The summed E-state index contributed by atoms with van der Waals surface area (Å²) in [6.07, 6.45) is 1.85. The smallest absolute Gasteiger partial charge is 0.0540 e. The van der Waals surface area contributed by atoms with Crippen LogP contribution >= 0.6 is 27.7 Å². The van der Waals surface area contributed by atoms with E-state index in [-0.39, 0.29) is 0 Å². The molecule has 0 radical (unpaired) electrons. The van der Waals surface area contributed by atoms with E-state index >= 15 is 0 Å². The van der Waals surface area contributed by atoms with E-state index in [9.17, 15) is 0 Å². The fourth-order valence-electron chi connectivity index (χ4n) is 1.25. The van der Waals surface area contributed by atoms with Crippen LogP contribution in [-0.2, 0) is 6.54 Å². The minimum Gasteiger partial charge on any atom is -0.325 e. The first-order valence-electron chi connectivity index (χ1n) is 4.87. The summed E-state index contributed by atoms with van der Waals surface area (Å²) in [6.45, 7) is 0.486. The highest BCUT2D eigenvalue weighted by molar-refractivity contribution is 9.10. The van der Waals surface area contributed by atoms with Crippen LogP contribution in [0.4, 0.5) is 0 Å². The van der Waals surface area contributed by atoms with Crippen molar-refractivity contribution in [3.63, 3.8) is 0 Å². The molecule has 0 aliphatic carbocycles. The molecule has 2 aromatic rings. The van der Waals surface area contributed by atoms with Crippen molar-refractivity contribution < 1.29 is 0 Å². The molecule has 4 heteroatoms. The quantitative estimate of drug-likeness (QED) is 0.942. The van der Waals surface area contributed by atoms with Crippen molar-refractivity contribution in [2.24, 2.45) is 5.73 Å². The van der Waals surface area contributed by atoms with Crippen LogP contribution < -0.4 is 5.73 Å². The Morgan fingerprint density at radius 2 is 2.00 bits per heavy atom. The third kappa shape index (κ3) is 2.84. The van der Waals surface area contributed by atoms with Gasteiger partial charge in [0.25, 0.3) is 0 Å². The van der Waals surface area contributed by atoms with Gasteiger partial charge in [0, 0.05) is 27.0 Å². The van der Waals surface area contributed by atoms with E-state index in [1.165, 1.54) is 4.90 Å². The predicted molar refractivity (Wildman–Crippen MR) is 70.4 cm³/mol. The lowest BCUT2D eigenvalue weighted by Gasteiger charge is -2.04. The van der Waals surface area contributed by atoms with Gasteiger partial charge in [-0.2, -0.15) is 0 Å². The lowest BCUT2D eigenvalue weighted by molar-refractivity contribution is 0.977. The Balaban J connectivity index is 2.18. The van der Waals surface area contributed by atoms with Crippen molar-refractivity contribution in [1.29, 1.82) is 0 Å². The fourth-order valence-corrected chi connectivity index (χ4v) is 2.58. The van der Waals surface area contributed by atoms with Crippen LogP contribution in [0.1, 0.15) is 5.69 Å². The van der Waals surface area contributed by atoms with Crippen LogP contribution in [0.3, 0.4) is 0 Å². The highest BCUT2D eigenvalue weighted by Gasteiger charge is 2.01. The van der Waals surface area contributed by atoms with E-state index in [1.54, 1.807) is 11.8 Å². The number of halogens is 1. The minimum absolute atomic E-state index is 0.486. The highest BCUT2D eigenvalue weighted by Crippen LogP contribution is 2.32. The van der Waals surface area contributed by atoms with Gasteiger partial charge in [-0.3, -0.25) is 4.98 Å². The largest absolute Gasteiger partial charge is 0.325 e. The Kier molecular flexibility index (Phi) is 3.98. The molecule has 0 atom stereocenters. The van der Waals surface area contributed by atoms with E-state index in [2.05, 4.69) is 27.0 Å². The van der Waals surface area contributed by atoms with Gasteiger partial charge in [0.05, 0.1) is 5.69 Å². The summed E-state index contributed by atoms with van der Waals surface area (Å²) in [4.78, 5) is 6.56. The fraction of sp³-hybridized carbons (Fsp3) is 0.0833. The molecule has 1 aromatic heterocycles. The second kappa shape index (κ2) is 5.48. The summed E-state index contributed by atoms with van der Waals surface area (Å²) in [5.74, 6) is 0. The number of hydrogen-bond acceptors (Lipinski definition) is 3. The summed E-state index contributed by atoms with van der Waals surface area (Å²) in [5.41, 5.74) is 6.41. The summed E-state index contributed by atoms with van der Waals surface area (Å²) in [5, 5.41) is 0. The maximum Gasteiger partial charge on any atom is 0.0540 e. The van der Waals surface area contributed by atoms with Crippen molar-refractivity contribution in [1.82, 2.24) is 4.98 Å². The molecule has 0 amide bonds. The van der Waals surface area contributed by atoms with Crippen molar-refractivity contribution in [3.05, 3.63) is 52.8 Å². The Bertz CT molecular complexity index is 471. The van der Waals surface area contributed by atoms with E-state index in [1.807, 2.05) is 36.5 Å². The van der Waals surface area contributed by atoms with E-state index in [4.69, 9.17) is 5.73 Å². The van der Waals surface area contributed by atoms with Gasteiger partial charge in [-0.1, -0.05) is 23.9 Å². The zero-order chi connectivity index (χ0) is 11.4. The summed E-state index contributed by atoms with van der Waals surface area (Å²) >= 11 is 5.20. The molecule has 1 aromatic carbocycles. The Morgan fingerprint density at radius 3 is 2.62 bits per heavy atom. The van der Waals surface area contributed by atoms with Crippen molar-refractivity contribution in [2.75, 3.05) is 0 Å². The zero-order valence-electron chi connectivity index (χ0n) is 8.56. The van der Waals surface area contributed by atoms with Gasteiger partial charge >= 0.3 is 0 Å². The van der Waals surface area contributed by atoms with Gasteiger partial charge < -0.3 is 5.73 Å². The first-order chi connectivity index (χ1) is 7.79. The predicted octanol–water partition coefficient (Wildman–Crippen LogP) is 3.45. The Morgan fingerprint density at radius 1 is 1.19 bits per heavy atom. The van der Waals surface area contributed by atoms with E-state index < -0.39 is 0 Å². The number of aromatic nitrogens is 1. The standard InChI is InChI=1S/C12H11BrN2S/c13-11-3-1-2-4-12(11)16-10-6-5-9(7-14)15-8-10/h1-6,8H,7,14H2. The molecule has 1 heterocycles. The molecule has 0 aliphatic heterocycles. The van der Waals surface area contributed by atoms with Crippen LogP contribution in [0.25, 0.3) is 0 Å². The van der Waals surface area contributed by atoms with Crippen LogP contribution in [0.5, 0.6) is 0 Å². The topological polar surface area (TPSA) is 38.9 Å². The van der Waals surface area contributed by atoms with E-state index in [0.29, 0.717) is 6.54 Å². The SMILES string of the molecule is NCc1ccc(Sc2ccccc2Br)cn1. The highest BCUT2D eigenvalue weighted by atomic mass is 79.9. The number of rotatable bonds is 3. The Labute approximate surface area is 107 Å². The average Bonchev–Trinajstić information content (AvgIpc) is 2.33. The summed E-state index contributed by atoms with van der Waals surface area (Å²) < 4.78 is 1.10. The molecule has 16 heavy (non-hydrogen) atoms. The molecule has 0 bridgehead atoms. The summed E-state index contributed by atoms with van der Waals surface area (Å²) in [6, 6.07) is 12.1. The molecule has 2 N–H and O–H groups in total. The average molecular weight is 295 g/mol. The van der Waals surface area contributed by atoms with Crippen molar-refractivity contribution >= 4 is 27.7 Å². The van der Waals surface area contributed by atoms with Crippen molar-refractivity contribution in [2.45, 2.75) is 16.3 Å². The molecule has 2 nitrogen and oxygen atoms in total. The zero-order valence-corrected chi connectivity index (χ0v) is 11.0. The molecule has 0 saturated carbocycles. The van der Waals surface area contributed by atoms with Crippen molar-refractivity contribution in [3.8, 4) is 0 Å². The first kappa shape index (κ1) is 11.6. The third-order valence-electron chi connectivity index (χ3n) is 2.07. The van der Waals surface area contributed by atoms with Gasteiger partial charge in [0.2, 0.25) is 0 Å². The lowest BCUT2D eigenvalue weighted by Crippen LogP contribution is -1.98. The molecule has 0 spiro atoms. The molecule has 82 valence electrons. The van der Waals surface area contributed by atoms with Crippen LogP contribution in [0.2, 0.25) is 0 Å². The van der Waals surface area contributed by atoms with Gasteiger partial charge in [-0.15, -0.1) is 0 Å². The van der Waals surface area contributed by atoms with Crippen LogP contribution in [0.15, 0.2) is 56.9 Å². The molecular weight excluding hydrogens is 284 g/mol. The molecule has 0 aliphatic rings. The lowest BCUT2D eigenvalue weighted by atomic mass is 10.3. The minimum atomic E-state index is 0.486. The van der Waals surface area contributed by atoms with E-state index in [0.717, 1.165) is 15.1 Å². The Hall–Kier alpha value is -0.840. The normalized spacial score (nSPS) is 10.4. The second-order valence-corrected chi connectivity index (χ2v) is 5.19. The number of benzene rings is 1. The molecular formula is C12H11BrN2S. The molecule has 0 fully saturated rings. The monoisotopic (exact) mass is 294 g/mol. The maximum atomic E-state index is 5.50. The summed E-state index contributed by atoms with van der Waals surface area (Å²) in [7, 11) is 0. The van der Waals surface area contributed by atoms with Gasteiger partial charge in [-0.25, -0.2) is 0 Å². The number of pyridine rings is 1. The maximum absolute atomic E-state index is 5.50. The molecule has 0 unspecified atom stereocenters. The molecule has 2 rings (SSSR count). The van der Waals surface area contributed by atoms with Gasteiger partial charge in [0.1, 0.15) is 0 Å². The van der Waals surface area contributed by atoms with Gasteiger partial charge in [0.15, 0.2) is 0 Å².